The summed E-state index contributed by atoms with van der Waals surface area (Å²) in [6, 6.07) is 15.5. The van der Waals surface area contributed by atoms with Gasteiger partial charge >= 0.3 is 0 Å². The average molecular weight is 411 g/mol. The first-order chi connectivity index (χ1) is 13.5. The van der Waals surface area contributed by atoms with Crippen LogP contribution in [0.3, 0.4) is 0 Å². The molecule has 0 aliphatic carbocycles. The van der Waals surface area contributed by atoms with Crippen molar-refractivity contribution in [3.05, 3.63) is 64.7 Å². The lowest BCUT2D eigenvalue weighted by Gasteiger charge is -2.10. The van der Waals surface area contributed by atoms with Crippen molar-refractivity contribution in [2.24, 2.45) is 0 Å². The second kappa shape index (κ2) is 7.81. The highest BCUT2D eigenvalue weighted by molar-refractivity contribution is 7.99. The van der Waals surface area contributed by atoms with Crippen LogP contribution in [0.5, 0.6) is 0 Å². The van der Waals surface area contributed by atoms with Crippen molar-refractivity contribution in [2.45, 2.75) is 25.4 Å². The minimum Gasteiger partial charge on any atom is -0.325 e. The number of amides is 1. The molecule has 1 amide bonds. The standard InChI is InChI=1S/C21H19ClN4OS/c1-13-6-5-7-15-14(2)12-18-24-25-21(26(18)20(13)15)28-11-10-19(27)23-17-9-4-3-8-16(17)22/h3-9,12H,10-11H2,1-2H3,(H,23,27). The maximum Gasteiger partial charge on any atom is 0.225 e. The fourth-order valence-corrected chi connectivity index (χ4v) is 4.30. The van der Waals surface area contributed by atoms with E-state index in [1.807, 2.05) is 18.2 Å². The van der Waals surface area contributed by atoms with Crippen molar-refractivity contribution in [1.82, 2.24) is 14.6 Å². The van der Waals surface area contributed by atoms with Crippen molar-refractivity contribution in [3.8, 4) is 0 Å². The van der Waals surface area contributed by atoms with Gasteiger partial charge in [0.15, 0.2) is 10.8 Å². The Morgan fingerprint density at radius 2 is 1.93 bits per heavy atom. The fourth-order valence-electron chi connectivity index (χ4n) is 3.23. The largest absolute Gasteiger partial charge is 0.325 e. The second-order valence-corrected chi connectivity index (χ2v) is 8.07. The molecule has 4 rings (SSSR count). The summed E-state index contributed by atoms with van der Waals surface area (Å²) in [7, 11) is 0. The molecule has 0 saturated carbocycles. The lowest BCUT2D eigenvalue weighted by Crippen LogP contribution is -2.12. The lowest BCUT2D eigenvalue weighted by atomic mass is 10.1. The number of pyridine rings is 1. The Kier molecular flexibility index (Phi) is 5.24. The molecule has 0 bridgehead atoms. The smallest absolute Gasteiger partial charge is 0.225 e. The molecule has 0 atom stereocenters. The van der Waals surface area contributed by atoms with Crippen LogP contribution in [0.15, 0.2) is 53.7 Å². The van der Waals surface area contributed by atoms with Gasteiger partial charge in [-0.3, -0.25) is 9.20 Å². The van der Waals surface area contributed by atoms with Crippen LogP contribution in [0.4, 0.5) is 5.69 Å². The Hall–Kier alpha value is -2.57. The summed E-state index contributed by atoms with van der Waals surface area (Å²) in [5.41, 5.74) is 4.91. The van der Waals surface area contributed by atoms with Gasteiger partial charge in [-0.2, -0.15) is 0 Å². The van der Waals surface area contributed by atoms with Crippen LogP contribution in [0.2, 0.25) is 5.02 Å². The Morgan fingerprint density at radius 3 is 2.75 bits per heavy atom. The van der Waals surface area contributed by atoms with Crippen molar-refractivity contribution in [1.29, 1.82) is 0 Å². The van der Waals surface area contributed by atoms with E-state index in [0.29, 0.717) is 22.9 Å². The van der Waals surface area contributed by atoms with E-state index in [-0.39, 0.29) is 5.91 Å². The highest BCUT2D eigenvalue weighted by Gasteiger charge is 2.14. The van der Waals surface area contributed by atoms with E-state index < -0.39 is 0 Å². The molecule has 2 aromatic heterocycles. The number of halogens is 1. The first-order valence-electron chi connectivity index (χ1n) is 8.96. The zero-order valence-electron chi connectivity index (χ0n) is 15.6. The van der Waals surface area contributed by atoms with E-state index in [0.717, 1.165) is 16.3 Å². The SMILES string of the molecule is Cc1cc2nnc(SCCC(=O)Nc3ccccc3Cl)n2c2c(C)cccc12. The van der Waals surface area contributed by atoms with E-state index in [9.17, 15) is 4.79 Å². The third-order valence-corrected chi connectivity index (χ3v) is 5.86. The molecule has 7 heteroatoms. The van der Waals surface area contributed by atoms with Crippen molar-refractivity contribution >= 4 is 51.5 Å². The number of anilines is 1. The van der Waals surface area contributed by atoms with Crippen LogP contribution in [-0.2, 0) is 4.79 Å². The Labute approximate surface area is 172 Å². The minimum atomic E-state index is -0.0775. The molecule has 0 saturated heterocycles. The third kappa shape index (κ3) is 3.57. The summed E-state index contributed by atoms with van der Waals surface area (Å²) >= 11 is 7.62. The molecular weight excluding hydrogens is 392 g/mol. The maximum absolute atomic E-state index is 12.2. The number of benzene rings is 2. The number of thioether (sulfide) groups is 1. The van der Waals surface area contributed by atoms with Gasteiger partial charge in [-0.05, 0) is 43.2 Å². The van der Waals surface area contributed by atoms with Gasteiger partial charge in [0, 0.05) is 17.6 Å². The zero-order chi connectivity index (χ0) is 19.7. The van der Waals surface area contributed by atoms with Crippen molar-refractivity contribution < 1.29 is 4.79 Å². The van der Waals surface area contributed by atoms with E-state index in [2.05, 4.69) is 52.0 Å². The van der Waals surface area contributed by atoms with E-state index in [1.165, 1.54) is 28.3 Å². The highest BCUT2D eigenvalue weighted by atomic mass is 35.5. The molecule has 0 spiro atoms. The van der Waals surface area contributed by atoms with E-state index in [1.54, 1.807) is 12.1 Å². The summed E-state index contributed by atoms with van der Waals surface area (Å²) < 4.78 is 2.08. The Bertz CT molecular complexity index is 1190. The number of aromatic nitrogens is 3. The number of fused-ring (bicyclic) bond motifs is 3. The summed E-state index contributed by atoms with van der Waals surface area (Å²) in [5.74, 6) is 0.518. The molecule has 0 radical (unpaired) electrons. The first-order valence-corrected chi connectivity index (χ1v) is 10.3. The number of nitrogens with zero attached hydrogens (tertiary/aromatic N) is 3. The number of rotatable bonds is 5. The van der Waals surface area contributed by atoms with Gasteiger partial charge in [-0.25, -0.2) is 0 Å². The quantitative estimate of drug-likeness (QED) is 0.455. The van der Waals surface area contributed by atoms with Gasteiger partial charge in [0.05, 0.1) is 16.2 Å². The average Bonchev–Trinajstić information content (AvgIpc) is 3.06. The van der Waals surface area contributed by atoms with Crippen LogP contribution in [0.25, 0.3) is 16.6 Å². The molecule has 0 unspecified atom stereocenters. The summed E-state index contributed by atoms with van der Waals surface area (Å²) in [4.78, 5) is 12.2. The zero-order valence-corrected chi connectivity index (χ0v) is 17.1. The molecular formula is C21H19ClN4OS. The maximum atomic E-state index is 12.2. The molecule has 1 N–H and O–H groups in total. The molecule has 0 aliphatic rings. The molecule has 2 heterocycles. The lowest BCUT2D eigenvalue weighted by molar-refractivity contribution is -0.115. The Morgan fingerprint density at radius 1 is 1.11 bits per heavy atom. The van der Waals surface area contributed by atoms with Crippen LogP contribution in [0.1, 0.15) is 17.5 Å². The van der Waals surface area contributed by atoms with Crippen LogP contribution < -0.4 is 5.32 Å². The van der Waals surface area contributed by atoms with Gasteiger partial charge in [-0.15, -0.1) is 10.2 Å². The number of hydrogen-bond donors (Lipinski definition) is 1. The number of nitrogens with one attached hydrogen (secondary N) is 1. The van der Waals surface area contributed by atoms with Crippen LogP contribution in [-0.4, -0.2) is 26.3 Å². The molecule has 5 nitrogen and oxygen atoms in total. The number of aryl methyl sites for hydroxylation is 2. The van der Waals surface area contributed by atoms with Crippen LogP contribution >= 0.6 is 23.4 Å². The summed E-state index contributed by atoms with van der Waals surface area (Å²) in [6.45, 7) is 4.18. The minimum absolute atomic E-state index is 0.0775. The van der Waals surface area contributed by atoms with Crippen molar-refractivity contribution in [3.63, 3.8) is 0 Å². The van der Waals surface area contributed by atoms with Crippen molar-refractivity contribution in [2.75, 3.05) is 11.1 Å². The highest BCUT2D eigenvalue weighted by Crippen LogP contribution is 2.28. The predicted molar refractivity (Wildman–Crippen MR) is 115 cm³/mol. The number of carbonyl (C=O) groups excluding carboxylic acids is 1. The number of hydrogen-bond acceptors (Lipinski definition) is 4. The molecule has 2 aromatic carbocycles. The Balaban J connectivity index is 1.53. The second-order valence-electron chi connectivity index (χ2n) is 6.60. The van der Waals surface area contributed by atoms with Gasteiger partial charge < -0.3 is 5.32 Å². The molecule has 28 heavy (non-hydrogen) atoms. The number of carbonyl (C=O) groups is 1. The topological polar surface area (TPSA) is 59.3 Å². The molecule has 142 valence electrons. The summed E-state index contributed by atoms with van der Waals surface area (Å²) in [6.07, 6.45) is 0.355. The third-order valence-electron chi connectivity index (χ3n) is 4.60. The molecule has 0 fully saturated rings. The van der Waals surface area contributed by atoms with Crippen LogP contribution in [0, 0.1) is 13.8 Å². The van der Waals surface area contributed by atoms with Gasteiger partial charge in [-0.1, -0.05) is 53.7 Å². The van der Waals surface area contributed by atoms with E-state index in [4.69, 9.17) is 11.6 Å². The van der Waals surface area contributed by atoms with E-state index >= 15 is 0 Å². The first kappa shape index (κ1) is 18.8. The predicted octanol–water partition coefficient (Wildman–Crippen LogP) is 5.27. The molecule has 0 aliphatic heterocycles. The van der Waals surface area contributed by atoms with Gasteiger partial charge in [0.2, 0.25) is 5.91 Å². The number of para-hydroxylation sites is 2. The van der Waals surface area contributed by atoms with Gasteiger partial charge in [0.25, 0.3) is 0 Å². The summed E-state index contributed by atoms with van der Waals surface area (Å²) in [5, 5.41) is 14.0. The fraction of sp³-hybridized carbons (Fsp3) is 0.190. The normalized spacial score (nSPS) is 11.2. The van der Waals surface area contributed by atoms with Gasteiger partial charge in [0.1, 0.15) is 0 Å². The monoisotopic (exact) mass is 410 g/mol. The molecule has 4 aromatic rings.